The van der Waals surface area contributed by atoms with Gasteiger partial charge in [-0.15, -0.1) is 54.1 Å². The van der Waals surface area contributed by atoms with Gasteiger partial charge >= 0.3 is 0 Å². The number of aryl methyl sites for hydroxylation is 3. The summed E-state index contributed by atoms with van der Waals surface area (Å²) in [7, 11) is 0. The Bertz CT molecular complexity index is 1990. The van der Waals surface area contributed by atoms with Crippen LogP contribution in [0.5, 0.6) is 0 Å². The largest absolute Gasteiger partial charge is 0.486 e. The van der Waals surface area contributed by atoms with Crippen LogP contribution in [0.25, 0.3) is 55.8 Å². The fraction of sp³-hybridized carbons (Fsp3) is 0.175. The number of benzene rings is 3. The topological polar surface area (TPSA) is 51.8 Å². The van der Waals surface area contributed by atoms with E-state index in [0.29, 0.717) is 11.6 Å². The zero-order valence-corrected chi connectivity index (χ0v) is 28.6. The van der Waals surface area contributed by atoms with Crippen molar-refractivity contribution in [1.29, 1.82) is 0 Å². The van der Waals surface area contributed by atoms with Gasteiger partial charge in [-0.05, 0) is 79.4 Å². The molecule has 0 aliphatic rings. The van der Waals surface area contributed by atoms with Crippen LogP contribution in [0.15, 0.2) is 108 Å². The first kappa shape index (κ1) is 32.0. The number of hydrogen-bond acceptors (Lipinski definition) is 4. The molecule has 0 saturated heterocycles. The van der Waals surface area contributed by atoms with Crippen LogP contribution in [0, 0.1) is 38.8 Å². The van der Waals surface area contributed by atoms with Crippen LogP contribution in [0.4, 0.5) is 0 Å². The summed E-state index contributed by atoms with van der Waals surface area (Å²) in [5.41, 5.74) is 12.3. The standard InChI is InChI=1S/C29H27N2O.C11H8N.Ir/c1-17(2)14-21-15-26(30-16-20(21)5)24-11-7-10-22-23-12-13-25(31-29(23)32-28(22)24)27-18(3)8-6-9-19(27)4;1-2-6-10(7-3-1)11-8-4-5-9-12-11;/h6-10,12-13,15-17H,14H2,1-5H3;1-6,8-9H;/q2*-1;. The fourth-order valence-corrected chi connectivity index (χ4v) is 5.61. The van der Waals surface area contributed by atoms with Crippen molar-refractivity contribution in [2.45, 2.75) is 41.0 Å². The molecule has 0 aliphatic carbocycles. The molecule has 0 N–H and O–H groups in total. The quantitative estimate of drug-likeness (QED) is 0.164. The molecule has 4 nitrogen and oxygen atoms in total. The summed E-state index contributed by atoms with van der Waals surface area (Å²) < 4.78 is 6.35. The van der Waals surface area contributed by atoms with Crippen LogP contribution in [0.2, 0.25) is 0 Å². The SMILES string of the molecule is Cc1cnc(-c2[c-]ccc3c2oc2nc(-c4c(C)cccc4C)ccc23)cc1CC(C)C.[Ir].[c-]1ccccc1-c1ccccn1. The first-order valence-electron chi connectivity index (χ1n) is 15.0. The van der Waals surface area contributed by atoms with Gasteiger partial charge in [0.05, 0.1) is 11.3 Å². The van der Waals surface area contributed by atoms with Crippen molar-refractivity contribution in [1.82, 2.24) is 15.0 Å². The Hall–Kier alpha value is -4.44. The third-order valence-electron chi connectivity index (χ3n) is 7.78. The van der Waals surface area contributed by atoms with E-state index in [1.165, 1.54) is 27.8 Å². The molecule has 0 saturated carbocycles. The minimum absolute atomic E-state index is 0. The Labute approximate surface area is 279 Å². The van der Waals surface area contributed by atoms with Crippen molar-refractivity contribution < 1.29 is 24.5 Å². The summed E-state index contributed by atoms with van der Waals surface area (Å²) in [6.07, 6.45) is 4.77. The summed E-state index contributed by atoms with van der Waals surface area (Å²) in [6.45, 7) is 10.9. The van der Waals surface area contributed by atoms with Gasteiger partial charge in [0.25, 0.3) is 0 Å². The molecule has 7 aromatic rings. The predicted molar refractivity (Wildman–Crippen MR) is 180 cm³/mol. The second kappa shape index (κ2) is 14.1. The Kier molecular flexibility index (Phi) is 10.0. The summed E-state index contributed by atoms with van der Waals surface area (Å²) in [5.74, 6) is 0.586. The van der Waals surface area contributed by atoms with E-state index in [9.17, 15) is 0 Å². The van der Waals surface area contributed by atoms with E-state index >= 15 is 0 Å². The summed E-state index contributed by atoms with van der Waals surface area (Å²) >= 11 is 0. The number of aromatic nitrogens is 3. The molecule has 0 bridgehead atoms. The Morgan fingerprint density at radius 1 is 0.711 bits per heavy atom. The van der Waals surface area contributed by atoms with Crippen LogP contribution >= 0.6 is 0 Å². The smallest absolute Gasteiger partial charge is 0.216 e. The fourth-order valence-electron chi connectivity index (χ4n) is 5.61. The number of furan rings is 1. The van der Waals surface area contributed by atoms with E-state index < -0.39 is 0 Å². The second-order valence-electron chi connectivity index (χ2n) is 11.6. The first-order valence-corrected chi connectivity index (χ1v) is 15.0. The molecule has 227 valence electrons. The van der Waals surface area contributed by atoms with Crippen LogP contribution in [0.1, 0.15) is 36.1 Å². The monoisotopic (exact) mass is 766 g/mol. The van der Waals surface area contributed by atoms with Crippen molar-refractivity contribution in [2.75, 3.05) is 0 Å². The van der Waals surface area contributed by atoms with Gasteiger partial charge in [0.15, 0.2) is 0 Å². The van der Waals surface area contributed by atoms with Gasteiger partial charge in [0, 0.05) is 43.4 Å². The molecular formula is C40H35IrN3O-2. The molecule has 0 fully saturated rings. The number of hydrogen-bond donors (Lipinski definition) is 0. The van der Waals surface area contributed by atoms with Crippen molar-refractivity contribution in [3.05, 3.63) is 138 Å². The van der Waals surface area contributed by atoms with Gasteiger partial charge < -0.3 is 14.4 Å². The van der Waals surface area contributed by atoms with E-state index in [2.05, 4.69) is 88.1 Å². The molecule has 0 amide bonds. The third-order valence-corrected chi connectivity index (χ3v) is 7.78. The molecular weight excluding hydrogens is 731 g/mol. The third kappa shape index (κ3) is 6.96. The normalized spacial score (nSPS) is 10.9. The zero-order valence-electron chi connectivity index (χ0n) is 26.2. The van der Waals surface area contributed by atoms with E-state index in [0.717, 1.165) is 51.0 Å². The van der Waals surface area contributed by atoms with Crippen LogP contribution < -0.4 is 0 Å². The molecule has 1 radical (unpaired) electrons. The second-order valence-corrected chi connectivity index (χ2v) is 11.6. The minimum Gasteiger partial charge on any atom is -0.486 e. The first-order chi connectivity index (χ1) is 21.4. The summed E-state index contributed by atoms with van der Waals surface area (Å²) in [6, 6.07) is 36.9. The van der Waals surface area contributed by atoms with Crippen LogP contribution in [-0.4, -0.2) is 15.0 Å². The average molecular weight is 766 g/mol. The minimum atomic E-state index is 0. The molecule has 0 atom stereocenters. The summed E-state index contributed by atoms with van der Waals surface area (Å²) in [5, 5.41) is 2.06. The molecule has 0 aliphatic heterocycles. The van der Waals surface area contributed by atoms with Crippen LogP contribution in [0.3, 0.4) is 0 Å². The molecule has 0 spiro atoms. The van der Waals surface area contributed by atoms with Gasteiger partial charge in [-0.2, -0.15) is 0 Å². The van der Waals surface area contributed by atoms with Crippen molar-refractivity contribution in [2.24, 2.45) is 5.92 Å². The number of nitrogens with zero attached hydrogens (tertiary/aromatic N) is 3. The molecule has 3 aromatic carbocycles. The molecule has 5 heteroatoms. The molecule has 4 aromatic heterocycles. The van der Waals surface area contributed by atoms with Crippen LogP contribution in [-0.2, 0) is 26.5 Å². The van der Waals surface area contributed by atoms with Gasteiger partial charge in [0.1, 0.15) is 0 Å². The van der Waals surface area contributed by atoms with E-state index in [1.54, 1.807) is 6.20 Å². The molecule has 45 heavy (non-hydrogen) atoms. The van der Waals surface area contributed by atoms with E-state index in [-0.39, 0.29) is 20.1 Å². The average Bonchev–Trinajstić information content (AvgIpc) is 3.41. The number of pyridine rings is 3. The maximum Gasteiger partial charge on any atom is 0.216 e. The zero-order chi connectivity index (χ0) is 30.6. The van der Waals surface area contributed by atoms with Gasteiger partial charge in [-0.1, -0.05) is 66.8 Å². The molecule has 0 unspecified atom stereocenters. The van der Waals surface area contributed by atoms with Crippen molar-refractivity contribution >= 4 is 22.1 Å². The van der Waals surface area contributed by atoms with E-state index in [1.807, 2.05) is 60.8 Å². The van der Waals surface area contributed by atoms with Crippen molar-refractivity contribution in [3.8, 4) is 33.8 Å². The van der Waals surface area contributed by atoms with Gasteiger partial charge in [0.2, 0.25) is 5.71 Å². The number of rotatable bonds is 5. The van der Waals surface area contributed by atoms with Crippen molar-refractivity contribution in [3.63, 3.8) is 0 Å². The van der Waals surface area contributed by atoms with Gasteiger partial charge in [-0.3, -0.25) is 0 Å². The summed E-state index contributed by atoms with van der Waals surface area (Å²) in [4.78, 5) is 13.8. The maximum atomic E-state index is 6.35. The Morgan fingerprint density at radius 3 is 2.22 bits per heavy atom. The number of fused-ring (bicyclic) bond motifs is 3. The molecule has 4 heterocycles. The maximum absolute atomic E-state index is 6.35. The Morgan fingerprint density at radius 2 is 1.51 bits per heavy atom. The Balaban J connectivity index is 0.000000258. The molecule has 7 rings (SSSR count). The van der Waals surface area contributed by atoms with Gasteiger partial charge in [-0.25, -0.2) is 4.98 Å². The predicted octanol–water partition coefficient (Wildman–Crippen LogP) is 10.2. The van der Waals surface area contributed by atoms with E-state index in [4.69, 9.17) is 14.4 Å².